The molecule has 2 fully saturated rings. The van der Waals surface area contributed by atoms with E-state index in [1.54, 1.807) is 52.8 Å². The van der Waals surface area contributed by atoms with Crippen LogP contribution in [0.4, 0.5) is 9.21 Å². The van der Waals surface area contributed by atoms with Crippen molar-refractivity contribution in [3.8, 4) is 0 Å². The number of anilines is 1. The lowest BCUT2D eigenvalue weighted by molar-refractivity contribution is -0.143. The summed E-state index contributed by atoms with van der Waals surface area (Å²) in [6.07, 6.45) is 0.858. The zero-order valence-electron chi connectivity index (χ0n) is 36.0. The molecule has 64 heavy (non-hydrogen) atoms. The molecule has 2 heterocycles. The molecule has 1 aromatic rings. The number of halogens is 1. The van der Waals surface area contributed by atoms with Gasteiger partial charge in [-0.25, -0.2) is 0 Å². The number of nitrogens with one attached hydrogen (secondary N) is 5. The Labute approximate surface area is 380 Å². The van der Waals surface area contributed by atoms with Crippen LogP contribution < -0.4 is 26.6 Å². The molecule has 2 bridgehead atoms. The van der Waals surface area contributed by atoms with Crippen molar-refractivity contribution in [3.05, 3.63) is 29.8 Å². The molecule has 3 unspecified atom stereocenters. The Kier molecular flexibility index (Phi) is 23.3. The Morgan fingerprint density at radius 2 is 1.44 bits per heavy atom. The van der Waals surface area contributed by atoms with E-state index in [9.17, 15) is 56.6 Å². The lowest BCUT2D eigenvalue weighted by Gasteiger charge is -2.33. The Morgan fingerprint density at radius 1 is 0.812 bits per heavy atom. The molecule has 350 valence electrons. The summed E-state index contributed by atoms with van der Waals surface area (Å²) in [5.74, 6) is -6.48. The monoisotopic (exact) mass is 933 g/mol. The Hall–Kier alpha value is -5.09. The highest BCUT2D eigenvalue weighted by molar-refractivity contribution is 7.80. The maximum absolute atomic E-state index is 14.4. The van der Waals surface area contributed by atoms with Crippen molar-refractivity contribution >= 4 is 96.9 Å². The predicted molar refractivity (Wildman–Crippen MR) is 231 cm³/mol. The summed E-state index contributed by atoms with van der Waals surface area (Å²) < 4.78 is 23.9. The van der Waals surface area contributed by atoms with Gasteiger partial charge in [0.2, 0.25) is 23.4 Å². The van der Waals surface area contributed by atoms with Gasteiger partial charge in [-0.1, -0.05) is 26.0 Å². The van der Waals surface area contributed by atoms with Gasteiger partial charge in [0.25, 0.3) is 11.9 Å². The number of carbonyl (C=O) groups is 10. The van der Waals surface area contributed by atoms with Crippen molar-refractivity contribution in [3.63, 3.8) is 0 Å². The van der Waals surface area contributed by atoms with E-state index in [2.05, 4.69) is 26.6 Å². The van der Waals surface area contributed by atoms with Gasteiger partial charge in [0.15, 0.2) is 10.9 Å². The summed E-state index contributed by atoms with van der Waals surface area (Å²) in [5, 5.41) is 22.6. The molecule has 2 amide bonds. The van der Waals surface area contributed by atoms with E-state index in [1.165, 1.54) is 0 Å². The molecule has 1 aromatic carbocycles. The lowest BCUT2D eigenvalue weighted by atomic mass is 10.0. The van der Waals surface area contributed by atoms with Crippen molar-refractivity contribution in [2.75, 3.05) is 83.9 Å². The third-order valence-electron chi connectivity index (χ3n) is 10.2. The molecule has 2 saturated heterocycles. The topological polar surface area (TPSA) is 279 Å². The van der Waals surface area contributed by atoms with Crippen LogP contribution in [-0.2, 0) is 61.9 Å². The first-order valence-electron chi connectivity index (χ1n) is 20.9. The fourth-order valence-corrected chi connectivity index (χ4v) is 7.46. The zero-order chi connectivity index (χ0) is 47.2. The lowest BCUT2D eigenvalue weighted by Crippen LogP contribution is -2.48. The number of amides is 2. The van der Waals surface area contributed by atoms with Crippen LogP contribution in [0.2, 0.25) is 0 Å². The van der Waals surface area contributed by atoms with Gasteiger partial charge in [-0.05, 0) is 42.8 Å². The molecule has 3 rings (SSSR count). The molecule has 0 aromatic heterocycles. The van der Waals surface area contributed by atoms with Crippen molar-refractivity contribution < 1.29 is 64.2 Å². The number of thiocarbonyl (C=S) groups is 1. The van der Waals surface area contributed by atoms with Crippen LogP contribution in [-0.4, -0.2) is 189 Å². The minimum absolute atomic E-state index is 0.0141. The van der Waals surface area contributed by atoms with Gasteiger partial charge in [-0.3, -0.25) is 62.6 Å². The van der Waals surface area contributed by atoms with Gasteiger partial charge in [-0.15, -0.1) is 0 Å². The summed E-state index contributed by atoms with van der Waals surface area (Å²) >= 11 is 1.46. The Bertz CT molecular complexity index is 1880. The van der Waals surface area contributed by atoms with E-state index in [1.807, 2.05) is 0 Å². The van der Waals surface area contributed by atoms with Gasteiger partial charge in [-0.2, -0.15) is 0 Å². The molecule has 0 radical (unpaired) electrons. The fraction of sp³-hybridized carbons (Fsp3) is 0.575. The first kappa shape index (κ1) is 53.3. The number of ketones is 5. The van der Waals surface area contributed by atoms with E-state index < -0.39 is 94.1 Å². The number of benzene rings is 1. The first-order chi connectivity index (χ1) is 30.4. The molecule has 24 heteroatoms. The molecule has 0 spiro atoms. The molecule has 2 aliphatic heterocycles. The van der Waals surface area contributed by atoms with Crippen molar-refractivity contribution in [2.24, 2.45) is 0 Å². The number of Topliss-reactive ketones (excluding diaryl/α,β-unsaturated/α-hetero) is 5. The van der Waals surface area contributed by atoms with Gasteiger partial charge < -0.3 is 42.8 Å². The molecule has 21 nitrogen and oxygen atoms in total. The first-order valence-corrected chi connectivity index (χ1v) is 22.7. The summed E-state index contributed by atoms with van der Waals surface area (Å²) in [5.41, 5.74) is 1.33. The summed E-state index contributed by atoms with van der Waals surface area (Å²) in [7, 11) is 0. The second kappa shape index (κ2) is 28.0. The van der Waals surface area contributed by atoms with Gasteiger partial charge in [0, 0.05) is 76.6 Å². The third-order valence-corrected chi connectivity index (χ3v) is 11.3. The van der Waals surface area contributed by atoms with Crippen molar-refractivity contribution in [1.82, 2.24) is 36.0 Å². The number of hydrogen-bond acceptors (Lipinski definition) is 17. The number of nitrogens with zero attached hydrogens (tertiary/aromatic N) is 3. The van der Waals surface area contributed by atoms with Crippen molar-refractivity contribution in [2.45, 2.75) is 70.9 Å². The van der Waals surface area contributed by atoms with Crippen LogP contribution in [0.15, 0.2) is 24.3 Å². The predicted octanol–water partition coefficient (Wildman–Crippen LogP) is -1.64. The minimum atomic E-state index is -4.07. The van der Waals surface area contributed by atoms with Crippen LogP contribution in [0, 0.1) is 0 Å². The standard InChI is InChI=1S/C40H58N8O13S.Al.FH/c1-3-29(49)9-10-30(50)11-12-31(32(51)18-41-21-36(55)43-20-34(53)33(52)19-42-35(54)4-2)45-40(62)44-27-7-5-26(6-8-27)17-28-22-47(24-38(58)59)14-13-46(23-37(56)57)15-16-48(28)25-39(60)61;;/h5-8,28,31,41H,3-4,9-25H2,1-2H3,(H,42,54)(H,43,55)(H,56,57)(H,58,59)(H,60,61)(H2,44,45,62);;1H/q;+3;/p-3/t28?,31-;;/m0../s1/i;;1-1. The molecule has 4 atom stereocenters. The summed E-state index contributed by atoms with van der Waals surface area (Å²) in [6, 6.07) is 5.65. The molecule has 2 aliphatic rings. The number of carboxylic acid groups (broad SMARTS) is 1. The maximum atomic E-state index is 14.4. The molecule has 0 saturated carbocycles. The Morgan fingerprint density at radius 3 is 2.08 bits per heavy atom. The largest absolute Gasteiger partial charge is 1.15 e. The highest BCUT2D eigenvalue weighted by atomic mass is 32.1. The second-order valence-electron chi connectivity index (χ2n) is 15.1. The zero-order valence-corrected chi connectivity index (χ0v) is 37.9. The molecular weight excluding hydrogens is 878 g/mol. The van der Waals surface area contributed by atoms with E-state index in [0.717, 1.165) is 5.56 Å². The number of hydrogen-bond donors (Lipinski definition) is 6. The van der Waals surface area contributed by atoms with Crippen LogP contribution >= 0.6 is 12.2 Å². The van der Waals surface area contributed by atoms with E-state index >= 15 is 0 Å². The average Bonchev–Trinajstić information content (AvgIpc) is 3.30. The highest BCUT2D eigenvalue weighted by Gasteiger charge is 2.43. The fourth-order valence-electron chi connectivity index (χ4n) is 6.59. The quantitative estimate of drug-likeness (QED) is 0.0385. The second-order valence-corrected chi connectivity index (χ2v) is 16.6. The summed E-state index contributed by atoms with van der Waals surface area (Å²) in [6.45, 7) is 1.98. The molecule has 0 aliphatic carbocycles. The number of carbonyl (C=O) groups excluding carboxylic acids is 9. The number of aliphatic carboxylic acids is 1. The van der Waals surface area contributed by atoms with Crippen LogP contribution in [0.5, 0.6) is 0 Å². The normalized spacial score (nSPS) is 18.6. The smallest absolute Gasteiger partial charge is 0.558 e. The summed E-state index contributed by atoms with van der Waals surface area (Å²) in [4.78, 5) is 127. The maximum Gasteiger partial charge on any atom is 1.15 e. The van der Waals surface area contributed by atoms with E-state index in [-0.39, 0.29) is 101 Å². The van der Waals surface area contributed by atoms with Crippen LogP contribution in [0.25, 0.3) is 0 Å². The third kappa shape index (κ3) is 20.6. The van der Waals surface area contributed by atoms with E-state index in [0.29, 0.717) is 25.1 Å². The van der Waals surface area contributed by atoms with Crippen LogP contribution in [0.3, 0.4) is 0 Å². The van der Waals surface area contributed by atoms with Gasteiger partial charge in [0.05, 0.1) is 51.9 Å². The molecule has 6 N–H and O–H groups in total. The molecular formula is C40H56AlFN8O13S. The average molecular weight is 934 g/mol. The van der Waals surface area contributed by atoms with Crippen LogP contribution in [0.1, 0.15) is 57.9 Å². The van der Waals surface area contributed by atoms with Gasteiger partial charge >= 0.3 is 21.2 Å². The Balaban J connectivity index is 1.66. The number of fused-ring (bicyclic) bond motifs is 3. The van der Waals surface area contributed by atoms with Gasteiger partial charge in [0.1, 0.15) is 11.6 Å². The number of rotatable bonds is 24. The minimum Gasteiger partial charge on any atom is -0.558 e. The number of carboxylic acids is 1. The van der Waals surface area contributed by atoms with Crippen molar-refractivity contribution in [1.29, 1.82) is 0 Å². The SMILES string of the molecule is CCC(=O)CCC(=O)CC[C@H](NC(=S)Nc1ccc(CC2CN3CCN(CC(=O)O)CCN2CC(=O)[O][Al]([18F])[O]C(=O)C3)cc1)C(=O)CNCC(=O)NCC(=O)C(=O)CNC(=O)CC. The highest BCUT2D eigenvalue weighted by Crippen LogP contribution is 2.18. The van der Waals surface area contributed by atoms with E-state index in [4.69, 9.17) is 19.8 Å².